The summed E-state index contributed by atoms with van der Waals surface area (Å²) >= 11 is 0. The maximum Gasteiger partial charge on any atom is 0.338 e. The Morgan fingerprint density at radius 1 is 1.00 bits per heavy atom. The molecule has 35 heavy (non-hydrogen) atoms. The predicted molar refractivity (Wildman–Crippen MR) is 106 cm³/mol. The minimum Gasteiger partial charge on any atom is -0.479 e. The van der Waals surface area contributed by atoms with Crippen molar-refractivity contribution in [1.82, 2.24) is 0 Å². The second-order valence-corrected chi connectivity index (χ2v) is 7.83. The summed E-state index contributed by atoms with van der Waals surface area (Å²) in [5.74, 6) is -5.86. The van der Waals surface area contributed by atoms with Crippen molar-refractivity contribution >= 4 is 11.9 Å². The Hall–Kier alpha value is -1.80. The first-order valence-electron chi connectivity index (χ1n) is 10.4. The summed E-state index contributed by atoms with van der Waals surface area (Å²) in [5, 5.41) is 88.4. The van der Waals surface area contributed by atoms with Crippen LogP contribution in [0.3, 0.4) is 0 Å². The van der Waals surface area contributed by atoms with E-state index in [1.54, 1.807) is 0 Å². The van der Waals surface area contributed by atoms with Crippen LogP contribution in [0.25, 0.3) is 0 Å². The summed E-state index contributed by atoms with van der Waals surface area (Å²) in [6, 6.07) is 0. The molecule has 0 bridgehead atoms. The van der Waals surface area contributed by atoms with Gasteiger partial charge in [0.25, 0.3) is 0 Å². The van der Waals surface area contributed by atoms with Gasteiger partial charge >= 0.3 is 11.9 Å². The van der Waals surface area contributed by atoms with Gasteiger partial charge in [0.15, 0.2) is 18.5 Å². The average molecular weight is 514 g/mol. The summed E-state index contributed by atoms with van der Waals surface area (Å²) in [5.41, 5.74) is 0. The zero-order chi connectivity index (χ0) is 26.5. The van der Waals surface area contributed by atoms with Gasteiger partial charge in [0, 0.05) is 0 Å². The molecular formula is C19H30O16. The molecule has 2 aliphatic heterocycles. The molecule has 9 N–H and O–H groups in total. The average Bonchev–Trinajstić information content (AvgIpc) is 3.07. The smallest absolute Gasteiger partial charge is 0.338 e. The largest absolute Gasteiger partial charge is 0.479 e. The summed E-state index contributed by atoms with van der Waals surface area (Å²) in [6.45, 7) is 0.157. The maximum absolute atomic E-state index is 12.5. The number of esters is 1. The summed E-state index contributed by atoms with van der Waals surface area (Å²) < 4.78 is 25.8. The van der Waals surface area contributed by atoms with Crippen LogP contribution in [0.4, 0.5) is 0 Å². The molecule has 0 saturated carbocycles. The van der Waals surface area contributed by atoms with E-state index in [4.69, 9.17) is 28.8 Å². The summed E-state index contributed by atoms with van der Waals surface area (Å²) in [6.07, 6.45) is -17.7. The molecule has 0 amide bonds. The lowest BCUT2D eigenvalue weighted by molar-refractivity contribution is -0.384. The normalized spacial score (nSPS) is 39.1. The van der Waals surface area contributed by atoms with Crippen molar-refractivity contribution in [3.05, 3.63) is 12.7 Å². The van der Waals surface area contributed by atoms with E-state index in [2.05, 4.69) is 6.58 Å². The van der Waals surface area contributed by atoms with Gasteiger partial charge in [0.05, 0.1) is 19.8 Å². The number of rotatable bonds is 12. The van der Waals surface area contributed by atoms with E-state index in [9.17, 15) is 50.4 Å². The number of hydrogen-bond donors (Lipinski definition) is 9. The lowest BCUT2D eigenvalue weighted by atomic mass is 9.99. The van der Waals surface area contributed by atoms with E-state index in [0.717, 1.165) is 6.08 Å². The second kappa shape index (κ2) is 12.4. The summed E-state index contributed by atoms with van der Waals surface area (Å²) in [4.78, 5) is 23.6. The van der Waals surface area contributed by atoms with Crippen LogP contribution in [0, 0.1) is 0 Å². The van der Waals surface area contributed by atoms with E-state index < -0.39 is 98.8 Å². The fourth-order valence-corrected chi connectivity index (χ4v) is 3.46. The third-order valence-electron chi connectivity index (χ3n) is 5.43. The molecule has 202 valence electrons. The van der Waals surface area contributed by atoms with E-state index in [1.807, 2.05) is 0 Å². The van der Waals surface area contributed by atoms with Crippen molar-refractivity contribution in [1.29, 1.82) is 0 Å². The Bertz CT molecular complexity index is 732. The molecule has 0 aromatic heterocycles. The molecular weight excluding hydrogens is 484 g/mol. The van der Waals surface area contributed by atoms with Crippen LogP contribution in [0.5, 0.6) is 0 Å². The highest BCUT2D eigenvalue weighted by molar-refractivity contribution is 5.84. The molecule has 0 aromatic rings. The van der Waals surface area contributed by atoms with E-state index in [-0.39, 0.29) is 6.61 Å². The Morgan fingerprint density at radius 3 is 2.14 bits per heavy atom. The first-order chi connectivity index (χ1) is 16.4. The van der Waals surface area contributed by atoms with Crippen LogP contribution in [0.2, 0.25) is 0 Å². The SMILES string of the molecule is C=CCOC(C(=O)OC[C@@]1(O[C@H]2O[C@H](CO)[C@@H](O)[C@H](O)[C@H]2O)O[C@H](CO)[C@@H](O)[C@@H]1O)C(O)C(=O)O. The zero-order valence-corrected chi connectivity index (χ0v) is 18.3. The first-order valence-corrected chi connectivity index (χ1v) is 10.4. The predicted octanol–water partition coefficient (Wildman–Crippen LogP) is -5.83. The molecule has 16 nitrogen and oxygen atoms in total. The summed E-state index contributed by atoms with van der Waals surface area (Å²) in [7, 11) is 0. The van der Waals surface area contributed by atoms with Crippen LogP contribution in [-0.4, -0.2) is 151 Å². The number of carboxylic acid groups (broad SMARTS) is 1. The fourth-order valence-electron chi connectivity index (χ4n) is 3.46. The van der Waals surface area contributed by atoms with Gasteiger partial charge in [-0.1, -0.05) is 6.08 Å². The van der Waals surface area contributed by atoms with Gasteiger partial charge in [-0.3, -0.25) is 0 Å². The van der Waals surface area contributed by atoms with Crippen LogP contribution < -0.4 is 0 Å². The third-order valence-corrected chi connectivity index (χ3v) is 5.43. The molecule has 2 aliphatic rings. The molecule has 0 radical (unpaired) electrons. The third kappa shape index (κ3) is 6.31. The minimum atomic E-state index is -2.58. The van der Waals surface area contributed by atoms with Crippen molar-refractivity contribution in [2.45, 2.75) is 67.0 Å². The number of carbonyl (C=O) groups excluding carboxylic acids is 1. The van der Waals surface area contributed by atoms with E-state index >= 15 is 0 Å². The number of aliphatic carboxylic acids is 1. The lowest BCUT2D eigenvalue weighted by Gasteiger charge is -2.43. The van der Waals surface area contributed by atoms with Gasteiger partial charge < -0.3 is 69.6 Å². The zero-order valence-electron chi connectivity index (χ0n) is 18.3. The highest BCUT2D eigenvalue weighted by Gasteiger charge is 2.59. The Kier molecular flexibility index (Phi) is 10.5. The highest BCUT2D eigenvalue weighted by atomic mass is 16.8. The molecule has 2 rings (SSSR count). The van der Waals surface area contributed by atoms with Gasteiger partial charge in [0.1, 0.15) is 49.3 Å². The molecule has 0 spiro atoms. The number of aliphatic hydroxyl groups is 8. The molecule has 2 fully saturated rings. The van der Waals surface area contributed by atoms with E-state index in [1.165, 1.54) is 0 Å². The van der Waals surface area contributed by atoms with Crippen molar-refractivity contribution in [2.75, 3.05) is 26.4 Å². The number of carbonyl (C=O) groups is 2. The molecule has 11 atom stereocenters. The molecule has 2 heterocycles. The van der Waals surface area contributed by atoms with Crippen molar-refractivity contribution in [2.24, 2.45) is 0 Å². The number of carboxylic acids is 1. The van der Waals surface area contributed by atoms with Crippen LogP contribution >= 0.6 is 0 Å². The van der Waals surface area contributed by atoms with Gasteiger partial charge in [-0.2, -0.15) is 0 Å². The quantitative estimate of drug-likeness (QED) is 0.0867. The fraction of sp³-hybridized carbons (Fsp3) is 0.789. The minimum absolute atomic E-state index is 0.360. The standard InChI is InChI=1S/C19H30O16/c1-2-3-31-14(13(26)16(28)29)17(30)32-6-19(15(27)10(23)8(5-21)34-19)35-18-12(25)11(24)9(22)7(4-20)33-18/h2,7-15,18,20-27H,1,3-6H2,(H,28,29)/t7-,8-,9-,10-,11+,12-,13?,14?,15+,18-,19+/m1/s1. The van der Waals surface area contributed by atoms with Gasteiger partial charge in [-0.25, -0.2) is 9.59 Å². The molecule has 0 aliphatic carbocycles. The Balaban J connectivity index is 2.29. The van der Waals surface area contributed by atoms with Crippen LogP contribution in [-0.2, 0) is 33.3 Å². The van der Waals surface area contributed by atoms with Crippen LogP contribution in [0.1, 0.15) is 0 Å². The molecule has 16 heteroatoms. The van der Waals surface area contributed by atoms with Crippen molar-refractivity contribution in [3.63, 3.8) is 0 Å². The van der Waals surface area contributed by atoms with Gasteiger partial charge in [-0.05, 0) is 0 Å². The Labute approximate surface area is 198 Å². The van der Waals surface area contributed by atoms with E-state index in [0.29, 0.717) is 0 Å². The number of ether oxygens (including phenoxy) is 5. The first kappa shape index (κ1) is 29.4. The number of hydrogen-bond acceptors (Lipinski definition) is 15. The number of aliphatic hydroxyl groups excluding tert-OH is 8. The topological polar surface area (TPSA) is 262 Å². The van der Waals surface area contributed by atoms with Crippen molar-refractivity contribution in [3.8, 4) is 0 Å². The highest BCUT2D eigenvalue weighted by Crippen LogP contribution is 2.36. The lowest BCUT2D eigenvalue weighted by Crippen LogP contribution is -2.63. The molecule has 0 aromatic carbocycles. The monoisotopic (exact) mass is 514 g/mol. The maximum atomic E-state index is 12.5. The van der Waals surface area contributed by atoms with Gasteiger partial charge in [0.2, 0.25) is 5.79 Å². The van der Waals surface area contributed by atoms with Crippen molar-refractivity contribution < 1.29 is 79.2 Å². The van der Waals surface area contributed by atoms with Gasteiger partial charge in [-0.15, -0.1) is 6.58 Å². The molecule has 2 unspecified atom stereocenters. The van der Waals surface area contributed by atoms with Crippen LogP contribution in [0.15, 0.2) is 12.7 Å². The Morgan fingerprint density at radius 2 is 1.63 bits per heavy atom. The second-order valence-electron chi connectivity index (χ2n) is 7.83. The molecule has 2 saturated heterocycles.